The number of nitrogens with one attached hydrogen (secondary N) is 3. The van der Waals surface area contributed by atoms with E-state index < -0.39 is 6.04 Å². The Morgan fingerprint density at radius 1 is 1.40 bits per heavy atom. The average molecular weight is 291 g/mol. The van der Waals surface area contributed by atoms with Gasteiger partial charge in [-0.05, 0) is 18.1 Å². The maximum atomic E-state index is 11.8. The number of hydrogen-bond acceptors (Lipinski definition) is 3. The second-order valence-corrected chi connectivity index (χ2v) is 4.79. The minimum atomic E-state index is -0.584. The molecule has 0 bridgehead atoms. The van der Waals surface area contributed by atoms with Gasteiger partial charge in [0.05, 0.1) is 0 Å². The van der Waals surface area contributed by atoms with Gasteiger partial charge in [-0.3, -0.25) is 9.59 Å². The minimum Gasteiger partial charge on any atom is -0.361 e. The number of para-hydroxylation sites is 1. The Balaban J connectivity index is 1.89. The van der Waals surface area contributed by atoms with Crippen molar-refractivity contribution in [3.63, 3.8) is 0 Å². The molecule has 2 amide bonds. The van der Waals surface area contributed by atoms with Crippen LogP contribution < -0.4 is 10.6 Å². The monoisotopic (exact) mass is 291 g/mol. The highest BCUT2D eigenvalue weighted by molar-refractivity contribution is 7.80. The number of hydrogen-bond donors (Lipinski definition) is 4. The number of carbonyl (C=O) groups is 2. The number of rotatable bonds is 7. The molecule has 1 heterocycles. The third kappa shape index (κ3) is 3.33. The van der Waals surface area contributed by atoms with E-state index in [1.165, 1.54) is 5.39 Å². The van der Waals surface area contributed by atoms with E-state index in [9.17, 15) is 9.59 Å². The summed E-state index contributed by atoms with van der Waals surface area (Å²) in [4.78, 5) is 25.3. The number of amides is 2. The molecule has 1 aromatic heterocycles. The van der Waals surface area contributed by atoms with Crippen LogP contribution in [0.3, 0.4) is 0 Å². The maximum absolute atomic E-state index is 11.8. The summed E-state index contributed by atoms with van der Waals surface area (Å²) < 4.78 is 0. The van der Waals surface area contributed by atoms with Crippen LogP contribution in [0.25, 0.3) is 10.9 Å². The van der Waals surface area contributed by atoms with Gasteiger partial charge in [0.15, 0.2) is 0 Å². The Bertz CT molecular complexity index is 597. The van der Waals surface area contributed by atoms with E-state index in [0.29, 0.717) is 13.0 Å². The summed E-state index contributed by atoms with van der Waals surface area (Å²) in [5, 5.41) is 6.39. The first kappa shape index (κ1) is 14.5. The topological polar surface area (TPSA) is 74.0 Å². The van der Waals surface area contributed by atoms with E-state index in [-0.39, 0.29) is 11.7 Å². The molecule has 5 nitrogen and oxygen atoms in total. The van der Waals surface area contributed by atoms with Crippen LogP contribution in [0.2, 0.25) is 0 Å². The summed E-state index contributed by atoms with van der Waals surface area (Å²) in [6.07, 6.45) is 3.20. The van der Waals surface area contributed by atoms with Crippen LogP contribution in [-0.2, 0) is 16.0 Å². The van der Waals surface area contributed by atoms with Crippen LogP contribution in [0.1, 0.15) is 5.56 Å². The normalized spacial score (nSPS) is 12.1. The van der Waals surface area contributed by atoms with Gasteiger partial charge in [-0.1, -0.05) is 18.2 Å². The molecule has 0 saturated heterocycles. The number of thiol groups is 1. The van der Waals surface area contributed by atoms with Crippen molar-refractivity contribution < 1.29 is 9.59 Å². The molecule has 2 aromatic rings. The fraction of sp³-hybridized carbons (Fsp3) is 0.286. The van der Waals surface area contributed by atoms with Gasteiger partial charge in [-0.2, -0.15) is 12.6 Å². The third-order valence-electron chi connectivity index (χ3n) is 3.14. The molecule has 0 radical (unpaired) electrons. The first-order chi connectivity index (χ1) is 9.76. The lowest BCUT2D eigenvalue weighted by molar-refractivity contribution is -0.124. The van der Waals surface area contributed by atoms with Gasteiger partial charge in [0.1, 0.15) is 6.04 Å². The van der Waals surface area contributed by atoms with Gasteiger partial charge < -0.3 is 15.6 Å². The van der Waals surface area contributed by atoms with Crippen molar-refractivity contribution in [3.8, 4) is 0 Å². The summed E-state index contributed by atoms with van der Waals surface area (Å²) in [6.45, 7) is 0.519. The SMILES string of the molecule is O=CNC(CS)C(=O)NCCc1c[nH]c2ccccc12. The van der Waals surface area contributed by atoms with Gasteiger partial charge in [0, 0.05) is 29.4 Å². The zero-order valence-electron chi connectivity index (χ0n) is 10.9. The van der Waals surface area contributed by atoms with E-state index in [1.54, 1.807) is 0 Å². The molecule has 2 rings (SSSR count). The standard InChI is InChI=1S/C14H17N3O2S/c18-9-17-13(8-20)14(19)15-6-5-10-7-16-12-4-2-1-3-11(10)12/h1-4,7,9,13,16,20H,5-6,8H2,(H,15,19)(H,17,18). The van der Waals surface area contributed by atoms with E-state index in [2.05, 4.69) is 28.2 Å². The van der Waals surface area contributed by atoms with Crippen molar-refractivity contribution in [1.29, 1.82) is 0 Å². The third-order valence-corrected chi connectivity index (χ3v) is 3.50. The first-order valence-corrected chi connectivity index (χ1v) is 7.02. The fourth-order valence-electron chi connectivity index (χ4n) is 2.08. The number of benzene rings is 1. The fourth-order valence-corrected chi connectivity index (χ4v) is 2.35. The molecule has 0 fully saturated rings. The number of fused-ring (bicyclic) bond motifs is 1. The lowest BCUT2D eigenvalue weighted by Gasteiger charge is -2.13. The average Bonchev–Trinajstić information content (AvgIpc) is 2.88. The van der Waals surface area contributed by atoms with Crippen LogP contribution in [0, 0.1) is 0 Å². The highest BCUT2D eigenvalue weighted by Gasteiger charge is 2.14. The Kier molecular flexibility index (Phi) is 5.06. The van der Waals surface area contributed by atoms with E-state index in [4.69, 9.17) is 0 Å². The molecule has 1 unspecified atom stereocenters. The number of carbonyl (C=O) groups excluding carboxylic acids is 2. The Hall–Kier alpha value is -1.95. The molecule has 1 aromatic carbocycles. The molecule has 0 aliphatic rings. The highest BCUT2D eigenvalue weighted by atomic mass is 32.1. The molecule has 0 aliphatic heterocycles. The summed E-state index contributed by atoms with van der Waals surface area (Å²) in [6, 6.07) is 7.45. The molecule has 0 aliphatic carbocycles. The van der Waals surface area contributed by atoms with Gasteiger partial charge >= 0.3 is 0 Å². The van der Waals surface area contributed by atoms with E-state index >= 15 is 0 Å². The molecule has 3 N–H and O–H groups in total. The molecule has 0 saturated carbocycles. The summed E-state index contributed by atoms with van der Waals surface area (Å²) in [5.74, 6) is 0.0597. The van der Waals surface area contributed by atoms with Crippen molar-refractivity contribution in [1.82, 2.24) is 15.6 Å². The van der Waals surface area contributed by atoms with Crippen LogP contribution in [0.4, 0.5) is 0 Å². The maximum Gasteiger partial charge on any atom is 0.243 e. The first-order valence-electron chi connectivity index (χ1n) is 6.39. The predicted molar refractivity (Wildman–Crippen MR) is 81.9 cm³/mol. The van der Waals surface area contributed by atoms with Crippen LogP contribution in [-0.4, -0.2) is 35.6 Å². The molecular formula is C14H17N3O2S. The number of aromatic nitrogens is 1. The highest BCUT2D eigenvalue weighted by Crippen LogP contribution is 2.17. The smallest absolute Gasteiger partial charge is 0.243 e. The Morgan fingerprint density at radius 2 is 2.20 bits per heavy atom. The quantitative estimate of drug-likeness (QED) is 0.451. The summed E-state index contributed by atoms with van der Waals surface area (Å²) >= 11 is 4.03. The molecule has 0 spiro atoms. The van der Waals surface area contributed by atoms with E-state index in [1.807, 2.05) is 30.5 Å². The van der Waals surface area contributed by atoms with Crippen LogP contribution >= 0.6 is 12.6 Å². The van der Waals surface area contributed by atoms with Gasteiger partial charge in [0.2, 0.25) is 12.3 Å². The lowest BCUT2D eigenvalue weighted by Crippen LogP contribution is -2.45. The van der Waals surface area contributed by atoms with Crippen molar-refractivity contribution in [2.75, 3.05) is 12.3 Å². The van der Waals surface area contributed by atoms with Gasteiger partial charge in [-0.15, -0.1) is 0 Å². The second-order valence-electron chi connectivity index (χ2n) is 4.42. The van der Waals surface area contributed by atoms with Gasteiger partial charge in [-0.25, -0.2) is 0 Å². The Morgan fingerprint density at radius 3 is 2.95 bits per heavy atom. The second kappa shape index (κ2) is 7.00. The van der Waals surface area contributed by atoms with Crippen molar-refractivity contribution in [2.24, 2.45) is 0 Å². The zero-order valence-corrected chi connectivity index (χ0v) is 11.8. The van der Waals surface area contributed by atoms with Gasteiger partial charge in [0.25, 0.3) is 0 Å². The number of aromatic amines is 1. The summed E-state index contributed by atoms with van der Waals surface area (Å²) in [5.41, 5.74) is 2.25. The lowest BCUT2D eigenvalue weighted by atomic mass is 10.1. The van der Waals surface area contributed by atoms with Crippen molar-refractivity contribution in [2.45, 2.75) is 12.5 Å². The molecule has 106 valence electrons. The Labute approximate surface area is 122 Å². The van der Waals surface area contributed by atoms with Crippen LogP contribution in [0.15, 0.2) is 30.5 Å². The van der Waals surface area contributed by atoms with Crippen LogP contribution in [0.5, 0.6) is 0 Å². The molecule has 6 heteroatoms. The minimum absolute atomic E-state index is 0.216. The molecule has 20 heavy (non-hydrogen) atoms. The number of H-pyrrole nitrogens is 1. The predicted octanol–water partition coefficient (Wildman–Crippen LogP) is 0.871. The van der Waals surface area contributed by atoms with Crippen molar-refractivity contribution in [3.05, 3.63) is 36.0 Å². The van der Waals surface area contributed by atoms with E-state index in [0.717, 1.165) is 17.5 Å². The largest absolute Gasteiger partial charge is 0.361 e. The molecule has 1 atom stereocenters. The van der Waals surface area contributed by atoms with Crippen molar-refractivity contribution >= 4 is 35.8 Å². The zero-order chi connectivity index (χ0) is 14.4. The molecular weight excluding hydrogens is 274 g/mol. The summed E-state index contributed by atoms with van der Waals surface area (Å²) in [7, 11) is 0.